The van der Waals surface area contributed by atoms with Gasteiger partial charge in [0, 0.05) is 37.3 Å². The second kappa shape index (κ2) is 4.65. The molecule has 0 saturated carbocycles. The summed E-state index contributed by atoms with van der Waals surface area (Å²) in [7, 11) is 4.32. The largest absolute Gasteiger partial charge is 0.292 e. The summed E-state index contributed by atoms with van der Waals surface area (Å²) in [6.07, 6.45) is 13.2. The molecule has 3 rings (SSSR count). The Morgan fingerprint density at radius 1 is 1.33 bits per heavy atom. The van der Waals surface area contributed by atoms with E-state index in [1.807, 2.05) is 12.4 Å². The molecule has 0 spiro atoms. The number of aromatic nitrogens is 1. The molecule has 0 N–H and O–H groups in total. The van der Waals surface area contributed by atoms with Crippen molar-refractivity contribution in [3.05, 3.63) is 41.7 Å². The van der Waals surface area contributed by atoms with Crippen molar-refractivity contribution in [1.29, 1.82) is 0 Å². The zero-order valence-corrected chi connectivity index (χ0v) is 11.1. The molecule has 3 nitrogen and oxygen atoms in total. The molecule has 2 aliphatic heterocycles. The van der Waals surface area contributed by atoms with Crippen LogP contribution in [0.2, 0.25) is 0 Å². The van der Waals surface area contributed by atoms with Gasteiger partial charge in [0.05, 0.1) is 6.04 Å². The van der Waals surface area contributed by atoms with Gasteiger partial charge in [-0.2, -0.15) is 0 Å². The van der Waals surface area contributed by atoms with Gasteiger partial charge in [0.15, 0.2) is 6.04 Å². The average Bonchev–Trinajstić information content (AvgIpc) is 2.98. The monoisotopic (exact) mass is 242 g/mol. The van der Waals surface area contributed by atoms with E-state index in [0.717, 1.165) is 6.54 Å². The summed E-state index contributed by atoms with van der Waals surface area (Å²) in [5.74, 6) is 0. The number of rotatable bonds is 2. The zero-order chi connectivity index (χ0) is 12.5. The van der Waals surface area contributed by atoms with Crippen molar-refractivity contribution in [3.63, 3.8) is 0 Å². The Hall–Kier alpha value is -1.48. The molecular formula is C15H20N3+. The van der Waals surface area contributed by atoms with Crippen LogP contribution in [0.15, 0.2) is 30.6 Å². The number of pyridine rings is 1. The molecule has 2 unspecified atom stereocenters. The lowest BCUT2D eigenvalue weighted by molar-refractivity contribution is -0.532. The molecule has 0 bridgehead atoms. The van der Waals surface area contributed by atoms with Gasteiger partial charge in [-0.15, -0.1) is 0 Å². The molecule has 0 aromatic carbocycles. The summed E-state index contributed by atoms with van der Waals surface area (Å²) in [6.45, 7) is 1.03. The molecule has 2 aliphatic rings. The molecule has 0 fully saturated rings. The van der Waals surface area contributed by atoms with Gasteiger partial charge >= 0.3 is 0 Å². The first-order valence-corrected chi connectivity index (χ1v) is 6.63. The summed E-state index contributed by atoms with van der Waals surface area (Å²) < 4.78 is 2.31. The molecular weight excluding hydrogens is 222 g/mol. The smallest absolute Gasteiger partial charge is 0.179 e. The van der Waals surface area contributed by atoms with Gasteiger partial charge < -0.3 is 0 Å². The van der Waals surface area contributed by atoms with Gasteiger partial charge in [0.1, 0.15) is 13.3 Å². The van der Waals surface area contributed by atoms with Crippen LogP contribution in [0.4, 0.5) is 0 Å². The van der Waals surface area contributed by atoms with E-state index in [2.05, 4.69) is 53.0 Å². The topological polar surface area (TPSA) is 19.1 Å². The lowest BCUT2D eigenvalue weighted by Gasteiger charge is -2.20. The van der Waals surface area contributed by atoms with Gasteiger partial charge in [0.2, 0.25) is 0 Å². The summed E-state index contributed by atoms with van der Waals surface area (Å²) in [5, 5.41) is 0. The standard InChI is InChI=1S/C15H20N3/c1-17-7-3-5-14(17)12-9-13(11-16-10-12)15-6-4-8-18(15)2/h3,5,8-11,14-15H,4,6-7H2,1-2H3/q+1. The maximum absolute atomic E-state index is 4.44. The first-order valence-electron chi connectivity index (χ1n) is 6.63. The van der Waals surface area contributed by atoms with Gasteiger partial charge in [-0.3, -0.25) is 9.88 Å². The molecule has 3 heterocycles. The summed E-state index contributed by atoms with van der Waals surface area (Å²) in [6, 6.07) is 3.23. The Balaban J connectivity index is 1.89. The number of likely N-dealkylation sites (N-methyl/N-ethyl adjacent to an activating group) is 1. The lowest BCUT2D eigenvalue weighted by Crippen LogP contribution is -2.19. The Kier molecular flexibility index (Phi) is 3.00. The highest BCUT2D eigenvalue weighted by Gasteiger charge is 2.26. The van der Waals surface area contributed by atoms with Crippen LogP contribution in [0.5, 0.6) is 0 Å². The van der Waals surface area contributed by atoms with Crippen molar-refractivity contribution in [1.82, 2.24) is 9.88 Å². The van der Waals surface area contributed by atoms with E-state index >= 15 is 0 Å². The van der Waals surface area contributed by atoms with Gasteiger partial charge in [-0.25, -0.2) is 4.58 Å². The third-order valence-corrected chi connectivity index (χ3v) is 4.04. The minimum absolute atomic E-state index is 0.396. The first-order chi connectivity index (χ1) is 8.75. The van der Waals surface area contributed by atoms with Crippen molar-refractivity contribution in [2.24, 2.45) is 0 Å². The molecule has 0 amide bonds. The second-order valence-corrected chi connectivity index (χ2v) is 5.31. The lowest BCUT2D eigenvalue weighted by atomic mass is 10.0. The van der Waals surface area contributed by atoms with Crippen LogP contribution in [0.25, 0.3) is 0 Å². The van der Waals surface area contributed by atoms with Crippen molar-refractivity contribution in [2.75, 3.05) is 20.6 Å². The fourth-order valence-corrected chi connectivity index (χ4v) is 2.97. The molecule has 1 aromatic heterocycles. The molecule has 18 heavy (non-hydrogen) atoms. The van der Waals surface area contributed by atoms with E-state index < -0.39 is 0 Å². The number of hydrogen-bond acceptors (Lipinski definition) is 2. The minimum Gasteiger partial charge on any atom is -0.292 e. The van der Waals surface area contributed by atoms with Crippen molar-refractivity contribution in [3.8, 4) is 0 Å². The second-order valence-electron chi connectivity index (χ2n) is 5.31. The molecule has 0 radical (unpaired) electrons. The van der Waals surface area contributed by atoms with Crippen molar-refractivity contribution >= 4 is 6.21 Å². The highest BCUT2D eigenvalue weighted by atomic mass is 15.1. The Morgan fingerprint density at radius 3 is 2.83 bits per heavy atom. The first kappa shape index (κ1) is 11.6. The van der Waals surface area contributed by atoms with Crippen LogP contribution in [0, 0.1) is 0 Å². The van der Waals surface area contributed by atoms with Gasteiger partial charge in [-0.05, 0) is 18.7 Å². The molecule has 94 valence electrons. The number of nitrogens with zero attached hydrogens (tertiary/aromatic N) is 3. The zero-order valence-electron chi connectivity index (χ0n) is 11.1. The van der Waals surface area contributed by atoms with Crippen LogP contribution < -0.4 is 0 Å². The van der Waals surface area contributed by atoms with E-state index in [4.69, 9.17) is 0 Å². The molecule has 1 aromatic rings. The van der Waals surface area contributed by atoms with Gasteiger partial charge in [0.25, 0.3) is 0 Å². The normalized spacial score (nSPS) is 27.8. The van der Waals surface area contributed by atoms with Crippen LogP contribution >= 0.6 is 0 Å². The van der Waals surface area contributed by atoms with Crippen LogP contribution in [0.1, 0.15) is 36.1 Å². The predicted octanol–water partition coefficient (Wildman–Crippen LogP) is 2.17. The third-order valence-electron chi connectivity index (χ3n) is 4.04. The van der Waals surface area contributed by atoms with Crippen LogP contribution in [-0.2, 0) is 0 Å². The van der Waals surface area contributed by atoms with Gasteiger partial charge in [-0.1, -0.05) is 12.2 Å². The Morgan fingerprint density at radius 2 is 2.17 bits per heavy atom. The van der Waals surface area contributed by atoms with Crippen molar-refractivity contribution < 1.29 is 4.58 Å². The minimum atomic E-state index is 0.396. The molecule has 0 aliphatic carbocycles. The van der Waals surface area contributed by atoms with E-state index in [1.54, 1.807) is 0 Å². The van der Waals surface area contributed by atoms with E-state index in [1.165, 1.54) is 24.0 Å². The van der Waals surface area contributed by atoms with Crippen molar-refractivity contribution in [2.45, 2.75) is 24.9 Å². The Labute approximate surface area is 108 Å². The molecule has 3 heteroatoms. The quantitative estimate of drug-likeness (QED) is 0.585. The summed E-state index contributed by atoms with van der Waals surface area (Å²) in [4.78, 5) is 6.78. The summed E-state index contributed by atoms with van der Waals surface area (Å²) in [5.41, 5.74) is 2.65. The molecule has 2 atom stereocenters. The third kappa shape index (κ3) is 1.99. The van der Waals surface area contributed by atoms with E-state index in [0.29, 0.717) is 12.1 Å². The highest BCUT2D eigenvalue weighted by Crippen LogP contribution is 2.29. The number of hydrogen-bond donors (Lipinski definition) is 0. The molecule has 0 saturated heterocycles. The van der Waals surface area contributed by atoms with E-state index in [-0.39, 0.29) is 0 Å². The fourth-order valence-electron chi connectivity index (χ4n) is 2.97. The average molecular weight is 242 g/mol. The Bertz CT molecular complexity index is 487. The summed E-state index contributed by atoms with van der Waals surface area (Å²) >= 11 is 0. The fraction of sp³-hybridized carbons (Fsp3) is 0.467. The maximum atomic E-state index is 4.44. The van der Waals surface area contributed by atoms with E-state index in [9.17, 15) is 0 Å². The maximum Gasteiger partial charge on any atom is 0.179 e. The predicted molar refractivity (Wildman–Crippen MR) is 73.0 cm³/mol. The van der Waals surface area contributed by atoms with Crippen LogP contribution in [-0.4, -0.2) is 41.3 Å². The van der Waals surface area contributed by atoms with Crippen LogP contribution in [0.3, 0.4) is 0 Å². The SMILES string of the molecule is CN1CC=CC1c1cncc(C2CCC=[N+]2C)c1. The highest BCUT2D eigenvalue weighted by molar-refractivity contribution is 5.53.